The molecule has 0 atom stereocenters. The molecule has 1 aliphatic heterocycles. The van der Waals surface area contributed by atoms with E-state index in [0.29, 0.717) is 5.92 Å². The largest absolute Gasteiger partial charge is 0.270 e. The maximum atomic E-state index is 4.36. The molecule has 0 bridgehead atoms. The van der Waals surface area contributed by atoms with Gasteiger partial charge in [-0.1, -0.05) is 20.4 Å². The lowest BCUT2D eigenvalue weighted by Gasteiger charge is -2.17. The summed E-state index contributed by atoms with van der Waals surface area (Å²) in [5, 5.41) is 6.37. The zero-order valence-corrected chi connectivity index (χ0v) is 7.59. The Bertz CT molecular complexity index is 192. The second-order valence-corrected chi connectivity index (χ2v) is 3.55. The molecule has 0 aliphatic carbocycles. The van der Waals surface area contributed by atoms with Crippen molar-refractivity contribution in [1.29, 1.82) is 0 Å². The van der Waals surface area contributed by atoms with Gasteiger partial charge in [0.2, 0.25) is 0 Å². The number of hydrogen-bond acceptors (Lipinski definition) is 2. The van der Waals surface area contributed by atoms with Gasteiger partial charge in [0, 0.05) is 24.4 Å². The average molecular weight is 152 g/mol. The Morgan fingerprint density at radius 2 is 2.27 bits per heavy atom. The van der Waals surface area contributed by atoms with Crippen molar-refractivity contribution in [2.24, 2.45) is 11.0 Å². The van der Waals surface area contributed by atoms with Crippen molar-refractivity contribution in [2.45, 2.75) is 27.2 Å². The lowest BCUT2D eigenvalue weighted by molar-refractivity contribution is 0.332. The zero-order valence-electron chi connectivity index (χ0n) is 7.59. The summed E-state index contributed by atoms with van der Waals surface area (Å²) in [6, 6.07) is 0. The molecule has 0 amide bonds. The van der Waals surface area contributed by atoms with E-state index < -0.39 is 0 Å². The van der Waals surface area contributed by atoms with Crippen LogP contribution in [0.25, 0.3) is 0 Å². The van der Waals surface area contributed by atoms with Crippen LogP contribution in [0.15, 0.2) is 17.4 Å². The van der Waals surface area contributed by atoms with Crippen LogP contribution in [-0.2, 0) is 0 Å². The number of allylic oxidation sites excluding steroid dienone is 1. The molecule has 1 heterocycles. The minimum atomic E-state index is 0.654. The molecular weight excluding hydrogens is 136 g/mol. The number of hydrogen-bond donors (Lipinski definition) is 0. The number of nitrogens with zero attached hydrogens (tertiary/aromatic N) is 2. The normalized spacial score (nSPS) is 18.0. The summed E-state index contributed by atoms with van der Waals surface area (Å²) in [4.78, 5) is 0. The number of rotatable bonds is 2. The summed E-state index contributed by atoms with van der Waals surface area (Å²) in [5.74, 6) is 0.654. The highest BCUT2D eigenvalue weighted by molar-refractivity contribution is 5.85. The van der Waals surface area contributed by atoms with E-state index in [1.807, 2.05) is 11.9 Å². The topological polar surface area (TPSA) is 15.6 Å². The van der Waals surface area contributed by atoms with E-state index in [-0.39, 0.29) is 0 Å². The first-order valence-electron chi connectivity index (χ1n) is 4.09. The number of hydrazone groups is 1. The molecule has 1 aliphatic rings. The molecule has 11 heavy (non-hydrogen) atoms. The maximum Gasteiger partial charge on any atom is 0.0435 e. The predicted molar refractivity (Wildman–Crippen MR) is 48.4 cm³/mol. The van der Waals surface area contributed by atoms with Crippen LogP contribution in [0, 0.1) is 5.92 Å². The van der Waals surface area contributed by atoms with Gasteiger partial charge in [-0.05, 0) is 12.8 Å². The summed E-state index contributed by atoms with van der Waals surface area (Å²) in [5.41, 5.74) is 2.31. The summed E-state index contributed by atoms with van der Waals surface area (Å²) in [6.45, 7) is 11.4. The lowest BCUT2D eigenvalue weighted by Crippen LogP contribution is -2.17. The van der Waals surface area contributed by atoms with Crippen molar-refractivity contribution < 1.29 is 0 Å². The average Bonchev–Trinajstić information content (AvgIpc) is 2.09. The van der Waals surface area contributed by atoms with Crippen LogP contribution in [0.5, 0.6) is 0 Å². The lowest BCUT2D eigenvalue weighted by atomic mass is 10.2. The predicted octanol–water partition coefficient (Wildman–Crippen LogP) is 2.24. The van der Waals surface area contributed by atoms with E-state index in [1.165, 1.54) is 5.71 Å². The van der Waals surface area contributed by atoms with Gasteiger partial charge in [0.1, 0.15) is 0 Å². The second-order valence-electron chi connectivity index (χ2n) is 3.55. The van der Waals surface area contributed by atoms with Gasteiger partial charge < -0.3 is 0 Å². The SMILES string of the molecule is C=C1CC(C)=NN1CC(C)C. The minimum absolute atomic E-state index is 0.654. The van der Waals surface area contributed by atoms with Crippen LogP contribution in [0.1, 0.15) is 27.2 Å². The highest BCUT2D eigenvalue weighted by Crippen LogP contribution is 2.18. The molecular formula is C9H16N2. The molecule has 0 saturated heterocycles. The van der Waals surface area contributed by atoms with E-state index in [1.54, 1.807) is 0 Å². The first-order chi connectivity index (χ1) is 5.09. The Morgan fingerprint density at radius 3 is 2.64 bits per heavy atom. The van der Waals surface area contributed by atoms with Crippen LogP contribution in [0.2, 0.25) is 0 Å². The van der Waals surface area contributed by atoms with E-state index in [0.717, 1.165) is 18.7 Å². The smallest absolute Gasteiger partial charge is 0.0435 e. The van der Waals surface area contributed by atoms with Gasteiger partial charge >= 0.3 is 0 Å². The van der Waals surface area contributed by atoms with E-state index in [9.17, 15) is 0 Å². The van der Waals surface area contributed by atoms with Crippen molar-refractivity contribution in [3.05, 3.63) is 12.3 Å². The van der Waals surface area contributed by atoms with Crippen molar-refractivity contribution >= 4 is 5.71 Å². The summed E-state index contributed by atoms with van der Waals surface area (Å²) in [7, 11) is 0. The van der Waals surface area contributed by atoms with E-state index in [4.69, 9.17) is 0 Å². The van der Waals surface area contributed by atoms with Gasteiger partial charge in [-0.3, -0.25) is 5.01 Å². The molecule has 0 radical (unpaired) electrons. The Balaban J connectivity index is 2.52. The third kappa shape index (κ3) is 2.07. The fraction of sp³-hybridized carbons (Fsp3) is 0.667. The van der Waals surface area contributed by atoms with Crippen LogP contribution in [0.4, 0.5) is 0 Å². The fourth-order valence-electron chi connectivity index (χ4n) is 1.21. The molecule has 0 aromatic heterocycles. The summed E-state index contributed by atoms with van der Waals surface area (Å²) >= 11 is 0. The Kier molecular flexibility index (Phi) is 2.32. The van der Waals surface area contributed by atoms with Crippen molar-refractivity contribution in [1.82, 2.24) is 5.01 Å². The first kappa shape index (κ1) is 8.31. The Hall–Kier alpha value is -0.790. The molecule has 0 fully saturated rings. The fourth-order valence-corrected chi connectivity index (χ4v) is 1.21. The monoisotopic (exact) mass is 152 g/mol. The van der Waals surface area contributed by atoms with Crippen LogP contribution < -0.4 is 0 Å². The van der Waals surface area contributed by atoms with Crippen molar-refractivity contribution in [3.63, 3.8) is 0 Å². The Morgan fingerprint density at radius 1 is 1.64 bits per heavy atom. The van der Waals surface area contributed by atoms with Crippen LogP contribution in [0.3, 0.4) is 0 Å². The standard InChI is InChI=1S/C9H16N2/c1-7(2)6-11-9(4)5-8(3)10-11/h7H,4-6H2,1-3H3. The highest BCUT2D eigenvalue weighted by Gasteiger charge is 2.15. The summed E-state index contributed by atoms with van der Waals surface area (Å²) < 4.78 is 0. The molecule has 1 rings (SSSR count). The van der Waals surface area contributed by atoms with E-state index in [2.05, 4.69) is 25.5 Å². The molecule has 62 valence electrons. The third-order valence-electron chi connectivity index (χ3n) is 1.65. The van der Waals surface area contributed by atoms with Crippen LogP contribution in [-0.4, -0.2) is 17.3 Å². The maximum absolute atomic E-state index is 4.36. The molecule has 0 N–H and O–H groups in total. The van der Waals surface area contributed by atoms with Crippen LogP contribution >= 0.6 is 0 Å². The molecule has 0 aromatic carbocycles. The molecule has 0 saturated carbocycles. The first-order valence-corrected chi connectivity index (χ1v) is 4.09. The van der Waals surface area contributed by atoms with Gasteiger partial charge in [0.05, 0.1) is 0 Å². The zero-order chi connectivity index (χ0) is 8.43. The van der Waals surface area contributed by atoms with Crippen molar-refractivity contribution in [2.75, 3.05) is 6.54 Å². The molecule has 0 spiro atoms. The quantitative estimate of drug-likeness (QED) is 0.592. The molecule has 0 unspecified atom stereocenters. The third-order valence-corrected chi connectivity index (χ3v) is 1.65. The Labute approximate surface area is 68.6 Å². The van der Waals surface area contributed by atoms with Gasteiger partial charge in [0.15, 0.2) is 0 Å². The molecule has 2 nitrogen and oxygen atoms in total. The van der Waals surface area contributed by atoms with Gasteiger partial charge in [0.25, 0.3) is 0 Å². The van der Waals surface area contributed by atoms with E-state index >= 15 is 0 Å². The second kappa shape index (κ2) is 3.07. The molecule has 0 aromatic rings. The molecule has 2 heteroatoms. The van der Waals surface area contributed by atoms with Gasteiger partial charge in [-0.15, -0.1) is 0 Å². The summed E-state index contributed by atoms with van der Waals surface area (Å²) in [6.07, 6.45) is 0.951. The highest BCUT2D eigenvalue weighted by atomic mass is 15.5. The van der Waals surface area contributed by atoms with Crippen molar-refractivity contribution in [3.8, 4) is 0 Å². The van der Waals surface area contributed by atoms with Gasteiger partial charge in [-0.2, -0.15) is 5.10 Å². The van der Waals surface area contributed by atoms with Gasteiger partial charge in [-0.25, -0.2) is 0 Å². The minimum Gasteiger partial charge on any atom is -0.270 e.